The van der Waals surface area contributed by atoms with Gasteiger partial charge >= 0.3 is 0 Å². The molecule has 0 aliphatic heterocycles. The molecule has 1 amide bonds. The molecule has 0 saturated carbocycles. The largest absolute Gasteiger partial charge is 0.451 e. The lowest BCUT2D eigenvalue weighted by Crippen LogP contribution is -2.37. The van der Waals surface area contributed by atoms with E-state index in [0.717, 1.165) is 15.4 Å². The van der Waals surface area contributed by atoms with Crippen LogP contribution in [0.5, 0.6) is 0 Å². The van der Waals surface area contributed by atoms with Crippen LogP contribution in [0, 0.1) is 6.92 Å². The molecule has 0 aliphatic carbocycles. The van der Waals surface area contributed by atoms with E-state index in [-0.39, 0.29) is 12.5 Å². The van der Waals surface area contributed by atoms with Crippen molar-refractivity contribution in [2.45, 2.75) is 13.0 Å². The number of hydrogen-bond donors (Lipinski definition) is 2. The van der Waals surface area contributed by atoms with Crippen LogP contribution >= 0.6 is 15.9 Å². The van der Waals surface area contributed by atoms with Crippen LogP contribution in [0.15, 0.2) is 27.1 Å². The van der Waals surface area contributed by atoms with Crippen molar-refractivity contribution in [2.24, 2.45) is 0 Å². The molecular formula is C15H19BrN2O3. The minimum Gasteiger partial charge on any atom is -0.451 e. The van der Waals surface area contributed by atoms with Gasteiger partial charge in [0, 0.05) is 28.5 Å². The van der Waals surface area contributed by atoms with E-state index in [1.165, 1.54) is 0 Å². The Hall–Kier alpha value is -1.37. The molecule has 21 heavy (non-hydrogen) atoms. The van der Waals surface area contributed by atoms with E-state index in [9.17, 15) is 9.90 Å². The summed E-state index contributed by atoms with van der Waals surface area (Å²) in [5.41, 5.74) is 1.47. The van der Waals surface area contributed by atoms with Gasteiger partial charge in [0.1, 0.15) is 5.58 Å². The van der Waals surface area contributed by atoms with Crippen LogP contribution in [0.3, 0.4) is 0 Å². The Balaban J connectivity index is 2.11. The minimum atomic E-state index is -0.609. The highest BCUT2D eigenvalue weighted by Crippen LogP contribution is 2.27. The van der Waals surface area contributed by atoms with E-state index in [4.69, 9.17) is 4.42 Å². The van der Waals surface area contributed by atoms with Crippen molar-refractivity contribution in [1.82, 2.24) is 10.2 Å². The number of carbonyl (C=O) groups excluding carboxylic acids is 1. The molecule has 2 rings (SSSR count). The van der Waals surface area contributed by atoms with Gasteiger partial charge in [-0.25, -0.2) is 0 Å². The van der Waals surface area contributed by atoms with E-state index < -0.39 is 6.10 Å². The van der Waals surface area contributed by atoms with E-state index in [1.807, 2.05) is 44.1 Å². The highest BCUT2D eigenvalue weighted by Gasteiger charge is 2.18. The summed E-state index contributed by atoms with van der Waals surface area (Å²) in [6.45, 7) is 2.54. The summed E-state index contributed by atoms with van der Waals surface area (Å²) in [7, 11) is 3.73. The molecule has 1 aromatic heterocycles. The van der Waals surface area contributed by atoms with Gasteiger partial charge in [-0.05, 0) is 39.2 Å². The van der Waals surface area contributed by atoms with Crippen molar-refractivity contribution in [3.63, 3.8) is 0 Å². The van der Waals surface area contributed by atoms with Gasteiger partial charge in [0.2, 0.25) is 0 Å². The summed E-state index contributed by atoms with van der Waals surface area (Å²) >= 11 is 3.38. The van der Waals surface area contributed by atoms with Crippen LogP contribution in [0.25, 0.3) is 11.0 Å². The fourth-order valence-corrected chi connectivity index (χ4v) is 2.53. The second kappa shape index (κ2) is 6.60. The maximum atomic E-state index is 12.2. The van der Waals surface area contributed by atoms with Gasteiger partial charge in [0.05, 0.1) is 6.10 Å². The second-order valence-electron chi connectivity index (χ2n) is 5.32. The van der Waals surface area contributed by atoms with Crippen molar-refractivity contribution in [3.8, 4) is 0 Å². The molecule has 5 nitrogen and oxygen atoms in total. The van der Waals surface area contributed by atoms with E-state index in [2.05, 4.69) is 21.2 Å². The van der Waals surface area contributed by atoms with Gasteiger partial charge in [-0.3, -0.25) is 4.79 Å². The topological polar surface area (TPSA) is 65.7 Å². The predicted octanol–water partition coefficient (Wildman–Crippen LogP) is 2.16. The number of halogens is 1. The van der Waals surface area contributed by atoms with Crippen LogP contribution < -0.4 is 5.32 Å². The number of likely N-dealkylation sites (N-methyl/N-ethyl adjacent to an activating group) is 1. The normalized spacial score (nSPS) is 12.9. The molecule has 0 spiro atoms. The molecule has 1 heterocycles. The highest BCUT2D eigenvalue weighted by molar-refractivity contribution is 9.10. The summed E-state index contributed by atoms with van der Waals surface area (Å²) in [6.07, 6.45) is -0.609. The Labute approximate surface area is 132 Å². The second-order valence-corrected chi connectivity index (χ2v) is 6.24. The van der Waals surface area contributed by atoms with Crippen molar-refractivity contribution < 1.29 is 14.3 Å². The van der Waals surface area contributed by atoms with Gasteiger partial charge in [-0.1, -0.05) is 15.9 Å². The lowest BCUT2D eigenvalue weighted by atomic mass is 10.1. The average molecular weight is 355 g/mol. The van der Waals surface area contributed by atoms with Crippen molar-refractivity contribution in [2.75, 3.05) is 27.2 Å². The first-order chi connectivity index (χ1) is 9.88. The molecule has 0 bridgehead atoms. The molecule has 1 atom stereocenters. The molecular weight excluding hydrogens is 336 g/mol. The minimum absolute atomic E-state index is 0.192. The third-order valence-corrected chi connectivity index (χ3v) is 3.67. The van der Waals surface area contributed by atoms with Crippen molar-refractivity contribution >= 4 is 32.8 Å². The molecule has 1 aromatic carbocycles. The Morgan fingerprint density at radius 2 is 2.19 bits per heavy atom. The van der Waals surface area contributed by atoms with Crippen LogP contribution in [0.2, 0.25) is 0 Å². The first-order valence-corrected chi connectivity index (χ1v) is 7.47. The van der Waals surface area contributed by atoms with Crippen LogP contribution in [-0.4, -0.2) is 49.2 Å². The number of furan rings is 1. The third kappa shape index (κ3) is 3.84. The van der Waals surface area contributed by atoms with Crippen molar-refractivity contribution in [1.29, 1.82) is 0 Å². The summed E-state index contributed by atoms with van der Waals surface area (Å²) in [6, 6.07) is 5.66. The average Bonchev–Trinajstić information content (AvgIpc) is 2.72. The van der Waals surface area contributed by atoms with Crippen molar-refractivity contribution in [3.05, 3.63) is 34.0 Å². The number of nitrogens with one attached hydrogen (secondary N) is 1. The maximum absolute atomic E-state index is 12.2. The predicted molar refractivity (Wildman–Crippen MR) is 85.5 cm³/mol. The number of hydrogen-bond acceptors (Lipinski definition) is 4. The summed E-state index contributed by atoms with van der Waals surface area (Å²) in [5, 5.41) is 13.4. The van der Waals surface area contributed by atoms with E-state index in [1.54, 1.807) is 0 Å². The Morgan fingerprint density at radius 1 is 1.48 bits per heavy atom. The van der Waals surface area contributed by atoms with Crippen LogP contribution in [-0.2, 0) is 0 Å². The number of nitrogens with zero attached hydrogens (tertiary/aromatic N) is 1. The fourth-order valence-electron chi connectivity index (χ4n) is 2.19. The number of aryl methyl sites for hydroxylation is 1. The van der Waals surface area contributed by atoms with Gasteiger partial charge in [0.15, 0.2) is 5.76 Å². The first-order valence-electron chi connectivity index (χ1n) is 6.68. The number of aliphatic hydroxyl groups excluding tert-OH is 1. The van der Waals surface area contributed by atoms with E-state index in [0.29, 0.717) is 17.9 Å². The molecule has 0 radical (unpaired) electrons. The van der Waals surface area contributed by atoms with Crippen LogP contribution in [0.4, 0.5) is 0 Å². The molecule has 2 aromatic rings. The molecule has 6 heteroatoms. The molecule has 1 unspecified atom stereocenters. The standard InChI is InChI=1S/C15H19BrN2O3/c1-9-12-5-4-10(16)6-13(12)21-14(9)15(20)17-7-11(19)8-18(2)3/h4-6,11,19H,7-8H2,1-3H3,(H,17,20). The monoisotopic (exact) mass is 354 g/mol. The quantitative estimate of drug-likeness (QED) is 0.863. The number of aliphatic hydroxyl groups is 1. The molecule has 0 aliphatic rings. The Bertz CT molecular complexity index is 652. The number of amides is 1. The molecule has 114 valence electrons. The lowest BCUT2D eigenvalue weighted by Gasteiger charge is -2.16. The number of rotatable bonds is 5. The molecule has 0 fully saturated rings. The van der Waals surface area contributed by atoms with E-state index >= 15 is 0 Å². The number of fused-ring (bicyclic) bond motifs is 1. The van der Waals surface area contributed by atoms with Gasteiger partial charge in [-0.15, -0.1) is 0 Å². The van der Waals surface area contributed by atoms with Gasteiger partial charge in [0.25, 0.3) is 5.91 Å². The summed E-state index contributed by atoms with van der Waals surface area (Å²) in [5.74, 6) is -0.0159. The zero-order valence-corrected chi connectivity index (χ0v) is 13.9. The third-order valence-electron chi connectivity index (χ3n) is 3.18. The summed E-state index contributed by atoms with van der Waals surface area (Å²) < 4.78 is 6.52. The molecule has 0 saturated heterocycles. The van der Waals surface area contributed by atoms with Gasteiger partial charge < -0.3 is 19.7 Å². The maximum Gasteiger partial charge on any atom is 0.287 e. The number of benzene rings is 1. The SMILES string of the molecule is Cc1c(C(=O)NCC(O)CN(C)C)oc2cc(Br)ccc12. The van der Waals surface area contributed by atoms with Gasteiger partial charge in [-0.2, -0.15) is 0 Å². The zero-order valence-electron chi connectivity index (χ0n) is 12.3. The number of carbonyl (C=O) groups is 1. The Morgan fingerprint density at radius 3 is 2.86 bits per heavy atom. The smallest absolute Gasteiger partial charge is 0.287 e. The first kappa shape index (κ1) is 16.0. The zero-order chi connectivity index (χ0) is 15.6. The Kier molecular flexibility index (Phi) is 5.03. The van der Waals surface area contributed by atoms with Crippen LogP contribution in [0.1, 0.15) is 16.1 Å². The lowest BCUT2D eigenvalue weighted by molar-refractivity contribution is 0.0867. The fraction of sp³-hybridized carbons (Fsp3) is 0.400. The highest BCUT2D eigenvalue weighted by atomic mass is 79.9. The molecule has 2 N–H and O–H groups in total. The summed E-state index contributed by atoms with van der Waals surface area (Å²) in [4.78, 5) is 14.0.